The Kier molecular flexibility index (Phi) is 4.94. The Morgan fingerprint density at radius 2 is 1.95 bits per heavy atom. The number of hydrogen-bond acceptors (Lipinski definition) is 4. The SMILES string of the molecule is C=NC=CC(=CC)C=C1Cc2cc(OC)c(OC)cc2C1=O. The maximum absolute atomic E-state index is 12.5. The van der Waals surface area contributed by atoms with Gasteiger partial charge in [0.1, 0.15) is 0 Å². The number of benzene rings is 1. The van der Waals surface area contributed by atoms with E-state index in [1.54, 1.807) is 26.5 Å². The van der Waals surface area contributed by atoms with Crippen molar-refractivity contribution in [2.75, 3.05) is 14.2 Å². The summed E-state index contributed by atoms with van der Waals surface area (Å²) in [5.41, 5.74) is 3.29. The quantitative estimate of drug-likeness (QED) is 0.474. The summed E-state index contributed by atoms with van der Waals surface area (Å²) in [7, 11) is 3.15. The van der Waals surface area contributed by atoms with Crippen molar-refractivity contribution in [3.05, 3.63) is 58.8 Å². The smallest absolute Gasteiger partial charge is 0.189 e. The number of ether oxygens (including phenoxy) is 2. The third-order valence-corrected chi connectivity index (χ3v) is 3.57. The molecule has 0 bridgehead atoms. The monoisotopic (exact) mass is 297 g/mol. The summed E-state index contributed by atoms with van der Waals surface area (Å²) in [6.07, 6.45) is 7.80. The number of ketones is 1. The van der Waals surface area contributed by atoms with Crippen molar-refractivity contribution < 1.29 is 14.3 Å². The van der Waals surface area contributed by atoms with Crippen LogP contribution in [0, 0.1) is 0 Å². The second kappa shape index (κ2) is 6.89. The fraction of sp³-hybridized carbons (Fsp3) is 0.222. The summed E-state index contributed by atoms with van der Waals surface area (Å²) in [6.45, 7) is 5.32. The molecule has 0 atom stereocenters. The number of carbonyl (C=O) groups excluding carboxylic acids is 1. The van der Waals surface area contributed by atoms with Crippen LogP contribution in [-0.2, 0) is 6.42 Å². The Morgan fingerprint density at radius 1 is 1.27 bits per heavy atom. The normalized spacial score (nSPS) is 16.2. The van der Waals surface area contributed by atoms with E-state index in [0.29, 0.717) is 23.5 Å². The van der Waals surface area contributed by atoms with E-state index in [4.69, 9.17) is 9.47 Å². The highest BCUT2D eigenvalue weighted by molar-refractivity contribution is 6.13. The maximum atomic E-state index is 12.5. The third kappa shape index (κ3) is 3.01. The van der Waals surface area contributed by atoms with Crippen molar-refractivity contribution in [2.45, 2.75) is 13.3 Å². The Bertz CT molecular complexity index is 697. The molecule has 0 aromatic heterocycles. The van der Waals surface area contributed by atoms with Gasteiger partial charge in [0.2, 0.25) is 0 Å². The van der Waals surface area contributed by atoms with Gasteiger partial charge in [0.25, 0.3) is 0 Å². The summed E-state index contributed by atoms with van der Waals surface area (Å²) in [5, 5.41) is 0. The first kappa shape index (κ1) is 15.8. The largest absolute Gasteiger partial charge is 0.493 e. The lowest BCUT2D eigenvalue weighted by molar-refractivity contribution is 0.103. The highest BCUT2D eigenvalue weighted by atomic mass is 16.5. The van der Waals surface area contributed by atoms with E-state index in [-0.39, 0.29) is 5.78 Å². The lowest BCUT2D eigenvalue weighted by Crippen LogP contribution is -1.98. The van der Waals surface area contributed by atoms with Crippen LogP contribution in [0.5, 0.6) is 11.5 Å². The fourth-order valence-electron chi connectivity index (χ4n) is 2.42. The van der Waals surface area contributed by atoms with Crippen LogP contribution in [0.2, 0.25) is 0 Å². The number of methoxy groups -OCH3 is 2. The van der Waals surface area contributed by atoms with E-state index in [2.05, 4.69) is 11.7 Å². The Balaban J connectivity index is 2.39. The second-order valence-corrected chi connectivity index (χ2v) is 4.83. The minimum Gasteiger partial charge on any atom is -0.493 e. The second-order valence-electron chi connectivity index (χ2n) is 4.83. The van der Waals surface area contributed by atoms with Crippen molar-refractivity contribution in [2.24, 2.45) is 4.99 Å². The summed E-state index contributed by atoms with van der Waals surface area (Å²) < 4.78 is 10.6. The molecule has 0 saturated heterocycles. The average molecular weight is 297 g/mol. The van der Waals surface area contributed by atoms with Gasteiger partial charge in [-0.05, 0) is 49.1 Å². The van der Waals surface area contributed by atoms with E-state index >= 15 is 0 Å². The van der Waals surface area contributed by atoms with Crippen LogP contribution in [0.25, 0.3) is 0 Å². The molecule has 1 aliphatic rings. The number of Topliss-reactive ketones (excluding diaryl/α,β-unsaturated/α-hetero) is 1. The average Bonchev–Trinajstić information content (AvgIpc) is 2.85. The molecule has 0 unspecified atom stereocenters. The molecule has 0 aliphatic heterocycles. The van der Waals surface area contributed by atoms with Gasteiger partial charge in [0.15, 0.2) is 17.3 Å². The summed E-state index contributed by atoms with van der Waals surface area (Å²) in [6, 6.07) is 3.61. The summed E-state index contributed by atoms with van der Waals surface area (Å²) in [5.74, 6) is 1.23. The molecule has 0 amide bonds. The topological polar surface area (TPSA) is 47.9 Å². The molecular weight excluding hydrogens is 278 g/mol. The number of carbonyl (C=O) groups is 1. The Morgan fingerprint density at radius 3 is 2.55 bits per heavy atom. The molecule has 0 heterocycles. The van der Waals surface area contributed by atoms with E-state index in [1.807, 2.05) is 31.2 Å². The van der Waals surface area contributed by atoms with Gasteiger partial charge in [0, 0.05) is 23.8 Å². The number of allylic oxidation sites excluding steroid dienone is 5. The zero-order valence-electron chi connectivity index (χ0n) is 13.1. The van der Waals surface area contributed by atoms with E-state index in [1.165, 1.54) is 0 Å². The van der Waals surface area contributed by atoms with Crippen molar-refractivity contribution in [3.63, 3.8) is 0 Å². The molecule has 114 valence electrons. The van der Waals surface area contributed by atoms with Gasteiger partial charge in [-0.25, -0.2) is 0 Å². The molecule has 2 rings (SSSR count). The number of aliphatic imine (C=N–C) groups is 1. The van der Waals surface area contributed by atoms with Gasteiger partial charge < -0.3 is 9.47 Å². The standard InChI is InChI=1S/C18H19NO3/c1-5-12(6-7-19-2)8-14-9-13-10-16(21-3)17(22-4)11-15(13)18(14)20/h5-8,10-11H,2,9H2,1,3-4H3. The van der Waals surface area contributed by atoms with Crippen LogP contribution >= 0.6 is 0 Å². The molecule has 0 saturated carbocycles. The number of hydrogen-bond donors (Lipinski definition) is 0. The van der Waals surface area contributed by atoms with Crippen LogP contribution in [-0.4, -0.2) is 26.7 Å². The van der Waals surface area contributed by atoms with Gasteiger partial charge >= 0.3 is 0 Å². The van der Waals surface area contributed by atoms with Gasteiger partial charge in [-0.3, -0.25) is 9.79 Å². The molecule has 0 radical (unpaired) electrons. The molecule has 4 nitrogen and oxygen atoms in total. The van der Waals surface area contributed by atoms with Crippen LogP contribution in [0.15, 0.2) is 52.7 Å². The first-order valence-corrected chi connectivity index (χ1v) is 6.93. The number of nitrogens with zero attached hydrogens (tertiary/aromatic N) is 1. The van der Waals surface area contributed by atoms with E-state index in [9.17, 15) is 4.79 Å². The molecule has 0 fully saturated rings. The summed E-state index contributed by atoms with van der Waals surface area (Å²) >= 11 is 0. The molecule has 1 aromatic carbocycles. The van der Waals surface area contributed by atoms with Crippen LogP contribution in [0.1, 0.15) is 22.8 Å². The van der Waals surface area contributed by atoms with Crippen LogP contribution in [0.4, 0.5) is 0 Å². The van der Waals surface area contributed by atoms with Crippen LogP contribution in [0.3, 0.4) is 0 Å². The highest BCUT2D eigenvalue weighted by Gasteiger charge is 2.27. The Hall–Kier alpha value is -2.62. The van der Waals surface area contributed by atoms with Gasteiger partial charge in [0.05, 0.1) is 14.2 Å². The minimum absolute atomic E-state index is 0.0234. The molecular formula is C18H19NO3. The fourth-order valence-corrected chi connectivity index (χ4v) is 2.42. The first-order valence-electron chi connectivity index (χ1n) is 6.93. The first-order chi connectivity index (χ1) is 10.6. The molecule has 0 N–H and O–H groups in total. The molecule has 0 spiro atoms. The van der Waals surface area contributed by atoms with E-state index in [0.717, 1.165) is 16.7 Å². The molecule has 22 heavy (non-hydrogen) atoms. The zero-order valence-corrected chi connectivity index (χ0v) is 13.1. The van der Waals surface area contributed by atoms with Crippen molar-refractivity contribution in [1.82, 2.24) is 0 Å². The van der Waals surface area contributed by atoms with Crippen molar-refractivity contribution >= 4 is 12.5 Å². The Labute approximate surface area is 130 Å². The van der Waals surface area contributed by atoms with Crippen molar-refractivity contribution in [3.8, 4) is 11.5 Å². The lowest BCUT2D eigenvalue weighted by Gasteiger charge is -2.08. The minimum atomic E-state index is 0.0234. The molecule has 1 aromatic rings. The predicted molar refractivity (Wildman–Crippen MR) is 88.1 cm³/mol. The van der Waals surface area contributed by atoms with E-state index < -0.39 is 0 Å². The lowest BCUT2D eigenvalue weighted by atomic mass is 10.1. The third-order valence-electron chi connectivity index (χ3n) is 3.57. The highest BCUT2D eigenvalue weighted by Crippen LogP contribution is 2.36. The van der Waals surface area contributed by atoms with Gasteiger partial charge in [-0.2, -0.15) is 0 Å². The predicted octanol–water partition coefficient (Wildman–Crippen LogP) is 3.53. The number of rotatable bonds is 5. The van der Waals surface area contributed by atoms with Gasteiger partial charge in [-0.1, -0.05) is 6.08 Å². The maximum Gasteiger partial charge on any atom is 0.189 e. The summed E-state index contributed by atoms with van der Waals surface area (Å²) in [4.78, 5) is 16.2. The van der Waals surface area contributed by atoms with Crippen molar-refractivity contribution in [1.29, 1.82) is 0 Å². The number of fused-ring (bicyclic) bond motifs is 1. The van der Waals surface area contributed by atoms with Gasteiger partial charge in [-0.15, -0.1) is 0 Å². The zero-order chi connectivity index (χ0) is 16.1. The molecule has 1 aliphatic carbocycles. The van der Waals surface area contributed by atoms with Crippen LogP contribution < -0.4 is 9.47 Å². The molecule has 4 heteroatoms.